The molecule has 29 heavy (non-hydrogen) atoms. The van der Waals surface area contributed by atoms with E-state index >= 15 is 0 Å². The number of rotatable bonds is 5. The van der Waals surface area contributed by atoms with Gasteiger partial charge in [-0.25, -0.2) is 4.39 Å². The van der Waals surface area contributed by atoms with Crippen LogP contribution in [0.3, 0.4) is 0 Å². The lowest BCUT2D eigenvalue weighted by Crippen LogP contribution is -2.46. The molecule has 2 aromatic rings. The van der Waals surface area contributed by atoms with Crippen molar-refractivity contribution < 1.29 is 13.9 Å². The third kappa shape index (κ3) is 4.89. The zero-order valence-corrected chi connectivity index (χ0v) is 17.8. The number of hydrogen-bond acceptors (Lipinski definition) is 3. The van der Waals surface area contributed by atoms with Crippen LogP contribution in [0.2, 0.25) is 5.02 Å². The summed E-state index contributed by atoms with van der Waals surface area (Å²) in [5.41, 5.74) is 1.44. The van der Waals surface area contributed by atoms with Gasteiger partial charge < -0.3 is 10.1 Å². The fourth-order valence-corrected chi connectivity index (χ4v) is 5.36. The molecule has 0 saturated heterocycles. The second kappa shape index (κ2) is 8.97. The van der Waals surface area contributed by atoms with Gasteiger partial charge in [-0.05, 0) is 49.4 Å². The van der Waals surface area contributed by atoms with Crippen LogP contribution in [0.25, 0.3) is 0 Å². The van der Waals surface area contributed by atoms with Crippen molar-refractivity contribution >= 4 is 29.3 Å². The smallest absolute Gasteiger partial charge is 0.230 e. The topological polar surface area (TPSA) is 38.3 Å². The first-order valence-corrected chi connectivity index (χ1v) is 11.7. The first kappa shape index (κ1) is 20.5. The average Bonchev–Trinajstić information content (AvgIpc) is 2.70. The fraction of sp³-hybridized carbons (Fsp3) is 0.435. The number of benzene rings is 2. The molecular weight excluding hydrogens is 409 g/mol. The van der Waals surface area contributed by atoms with E-state index in [1.165, 1.54) is 37.1 Å². The molecule has 1 saturated carbocycles. The number of carbonyl (C=O) groups excluding carboxylic acids is 1. The molecule has 6 heteroatoms. The van der Waals surface area contributed by atoms with Gasteiger partial charge in [0.1, 0.15) is 17.2 Å². The van der Waals surface area contributed by atoms with Crippen LogP contribution in [0.4, 0.5) is 4.39 Å². The summed E-state index contributed by atoms with van der Waals surface area (Å²) in [6, 6.07) is 12.6. The van der Waals surface area contributed by atoms with E-state index in [0.29, 0.717) is 16.3 Å². The molecule has 3 nitrogen and oxygen atoms in total. The Balaban J connectivity index is 1.39. The van der Waals surface area contributed by atoms with Crippen LogP contribution in [0.1, 0.15) is 55.7 Å². The van der Waals surface area contributed by atoms with E-state index in [4.69, 9.17) is 16.3 Å². The molecule has 1 heterocycles. The van der Waals surface area contributed by atoms with Gasteiger partial charge in [0, 0.05) is 22.8 Å². The maximum absolute atomic E-state index is 13.9. The Morgan fingerprint density at radius 3 is 2.79 bits per heavy atom. The molecule has 0 bridgehead atoms. The summed E-state index contributed by atoms with van der Waals surface area (Å²) in [5.74, 6) is 1.25. The summed E-state index contributed by atoms with van der Waals surface area (Å²) in [5, 5.41) is 3.58. The van der Waals surface area contributed by atoms with Gasteiger partial charge >= 0.3 is 0 Å². The molecule has 2 aromatic carbocycles. The number of nitrogens with one attached hydrogen (secondary N) is 1. The minimum Gasteiger partial charge on any atom is -0.487 e. The summed E-state index contributed by atoms with van der Waals surface area (Å²) in [6.07, 6.45) is 6.49. The van der Waals surface area contributed by atoms with Gasteiger partial charge in [-0.3, -0.25) is 4.79 Å². The minimum absolute atomic E-state index is 0.0305. The molecule has 0 aromatic heterocycles. The number of amides is 1. The Kier molecular flexibility index (Phi) is 6.35. The van der Waals surface area contributed by atoms with Gasteiger partial charge in [0.05, 0.1) is 11.8 Å². The molecule has 1 N–H and O–H groups in total. The lowest BCUT2D eigenvalue weighted by atomic mass is 9.77. The number of para-hydroxylation sites is 1. The summed E-state index contributed by atoms with van der Waals surface area (Å²) in [7, 11) is 0. The quantitative estimate of drug-likeness (QED) is 0.623. The Bertz CT molecular complexity index is 885. The lowest BCUT2D eigenvalue weighted by molar-refractivity contribution is -0.120. The standard InChI is InChI=1S/C23H25ClFNO2S/c24-17-9-8-16(19(25)12-17)14-29-15-22(27)26-20-13-23(10-4-1-5-11-23)28-21-7-3-2-6-18(20)21/h2-3,6-9,12,20H,1,4-5,10-11,13-15H2,(H,26,27)/t20-/m1/s1. The van der Waals surface area contributed by atoms with Crippen LogP contribution in [-0.4, -0.2) is 17.3 Å². The van der Waals surface area contributed by atoms with Crippen LogP contribution in [-0.2, 0) is 10.5 Å². The van der Waals surface area contributed by atoms with E-state index in [9.17, 15) is 9.18 Å². The molecular formula is C23H25ClFNO2S. The summed E-state index contributed by atoms with van der Waals surface area (Å²) < 4.78 is 20.3. The predicted octanol–water partition coefficient (Wildman–Crippen LogP) is 6.06. The molecule has 2 aliphatic rings. The zero-order valence-electron chi connectivity index (χ0n) is 16.3. The normalized spacial score (nSPS) is 20.0. The molecule has 4 rings (SSSR count). The summed E-state index contributed by atoms with van der Waals surface area (Å²) in [6.45, 7) is 0. The van der Waals surface area contributed by atoms with Gasteiger partial charge in [-0.2, -0.15) is 0 Å². The van der Waals surface area contributed by atoms with Crippen LogP contribution in [0.5, 0.6) is 5.75 Å². The van der Waals surface area contributed by atoms with Crippen molar-refractivity contribution in [3.8, 4) is 5.75 Å². The summed E-state index contributed by atoms with van der Waals surface area (Å²) >= 11 is 7.20. The van der Waals surface area contributed by atoms with Gasteiger partial charge in [0.15, 0.2) is 0 Å². The highest BCUT2D eigenvalue weighted by molar-refractivity contribution is 7.99. The van der Waals surface area contributed by atoms with Crippen LogP contribution in [0.15, 0.2) is 42.5 Å². The Hall–Kier alpha value is -1.72. The average molecular weight is 434 g/mol. The SMILES string of the molecule is O=C(CSCc1ccc(Cl)cc1F)N[C@@H]1CC2(CCCCC2)Oc2ccccc21. The lowest BCUT2D eigenvalue weighted by Gasteiger charge is -2.44. The van der Waals surface area contributed by atoms with E-state index in [1.54, 1.807) is 12.1 Å². The monoisotopic (exact) mass is 433 g/mol. The predicted molar refractivity (Wildman–Crippen MR) is 116 cm³/mol. The number of fused-ring (bicyclic) bond motifs is 1. The van der Waals surface area contributed by atoms with Crippen LogP contribution in [0, 0.1) is 5.82 Å². The molecule has 0 radical (unpaired) electrons. The molecule has 1 fully saturated rings. The van der Waals surface area contributed by atoms with E-state index in [0.717, 1.165) is 30.6 Å². The van der Waals surface area contributed by atoms with Crippen molar-refractivity contribution in [2.24, 2.45) is 0 Å². The van der Waals surface area contributed by atoms with Crippen molar-refractivity contribution in [1.29, 1.82) is 0 Å². The van der Waals surface area contributed by atoms with Crippen molar-refractivity contribution in [3.63, 3.8) is 0 Å². The van der Waals surface area contributed by atoms with E-state index in [-0.39, 0.29) is 29.1 Å². The largest absolute Gasteiger partial charge is 0.487 e. The molecule has 1 aliphatic carbocycles. The first-order valence-electron chi connectivity index (χ1n) is 10.1. The van der Waals surface area contributed by atoms with Crippen molar-refractivity contribution in [1.82, 2.24) is 5.32 Å². The van der Waals surface area contributed by atoms with Crippen molar-refractivity contribution in [2.75, 3.05) is 5.75 Å². The van der Waals surface area contributed by atoms with Gasteiger partial charge in [0.2, 0.25) is 5.91 Å². The maximum Gasteiger partial charge on any atom is 0.230 e. The van der Waals surface area contributed by atoms with Crippen molar-refractivity contribution in [3.05, 3.63) is 64.4 Å². The Morgan fingerprint density at radius 1 is 1.21 bits per heavy atom. The highest BCUT2D eigenvalue weighted by Crippen LogP contribution is 2.46. The number of hydrogen-bond donors (Lipinski definition) is 1. The van der Waals surface area contributed by atoms with Gasteiger partial charge in [0.25, 0.3) is 0 Å². The zero-order chi connectivity index (χ0) is 20.3. The Morgan fingerprint density at radius 2 is 2.00 bits per heavy atom. The molecule has 1 amide bonds. The molecule has 0 unspecified atom stereocenters. The van der Waals surface area contributed by atoms with Crippen molar-refractivity contribution in [2.45, 2.75) is 55.9 Å². The fourth-order valence-electron chi connectivity index (χ4n) is 4.38. The second-order valence-electron chi connectivity index (χ2n) is 7.94. The number of carbonyl (C=O) groups is 1. The minimum atomic E-state index is -0.331. The number of thioether (sulfide) groups is 1. The second-order valence-corrected chi connectivity index (χ2v) is 9.36. The van der Waals surface area contributed by atoms with E-state index in [1.807, 2.05) is 24.3 Å². The third-order valence-corrected chi connectivity index (χ3v) is 7.02. The van der Waals surface area contributed by atoms with Crippen LogP contribution >= 0.6 is 23.4 Å². The molecule has 154 valence electrons. The molecule has 1 aliphatic heterocycles. The van der Waals surface area contributed by atoms with Gasteiger partial charge in [-0.1, -0.05) is 42.3 Å². The number of halogens is 2. The highest BCUT2D eigenvalue weighted by atomic mass is 35.5. The highest BCUT2D eigenvalue weighted by Gasteiger charge is 2.42. The van der Waals surface area contributed by atoms with Gasteiger partial charge in [-0.15, -0.1) is 11.8 Å². The maximum atomic E-state index is 13.9. The van der Waals surface area contributed by atoms with Crippen LogP contribution < -0.4 is 10.1 Å². The number of ether oxygens (including phenoxy) is 1. The Labute approximate surface area is 180 Å². The van der Waals surface area contributed by atoms with E-state index < -0.39 is 0 Å². The summed E-state index contributed by atoms with van der Waals surface area (Å²) in [4.78, 5) is 12.6. The molecule has 1 atom stereocenters. The third-order valence-electron chi connectivity index (χ3n) is 5.80. The van der Waals surface area contributed by atoms with E-state index in [2.05, 4.69) is 5.32 Å². The first-order chi connectivity index (χ1) is 14.0. The molecule has 1 spiro atoms.